The fourth-order valence-corrected chi connectivity index (χ4v) is 3.49. The molecular formula is C21H26N2O4. The van der Waals surface area contributed by atoms with Crippen LogP contribution in [-0.4, -0.2) is 51.8 Å². The molecule has 1 fully saturated rings. The third-order valence-electron chi connectivity index (χ3n) is 4.86. The lowest BCUT2D eigenvalue weighted by Gasteiger charge is -2.37. The van der Waals surface area contributed by atoms with E-state index in [1.165, 1.54) is 0 Å². The van der Waals surface area contributed by atoms with E-state index in [1.54, 1.807) is 21.3 Å². The zero-order valence-electron chi connectivity index (χ0n) is 16.0. The summed E-state index contributed by atoms with van der Waals surface area (Å²) in [7, 11) is 4.85. The SMILES string of the molecule is COc1ccc(CC(=O)N2CCNCC2c2ccccc2OC)cc1OC. The standard InChI is InChI=1S/C21H26N2O4/c1-25-18-7-5-4-6-16(18)17-14-22-10-11-23(17)21(24)13-15-8-9-19(26-2)20(12-15)27-3/h4-9,12,17,22H,10-11,13-14H2,1-3H3. The Morgan fingerprint density at radius 1 is 1.04 bits per heavy atom. The molecule has 1 saturated heterocycles. The van der Waals surface area contributed by atoms with Gasteiger partial charge in [-0.1, -0.05) is 24.3 Å². The zero-order valence-corrected chi connectivity index (χ0v) is 16.0. The van der Waals surface area contributed by atoms with Crippen LogP contribution in [-0.2, 0) is 11.2 Å². The molecule has 1 N–H and O–H groups in total. The third kappa shape index (κ3) is 4.17. The van der Waals surface area contributed by atoms with Crippen LogP contribution in [0.15, 0.2) is 42.5 Å². The lowest BCUT2D eigenvalue weighted by atomic mass is 10.0. The van der Waals surface area contributed by atoms with E-state index in [1.807, 2.05) is 47.4 Å². The van der Waals surface area contributed by atoms with E-state index in [2.05, 4.69) is 5.32 Å². The number of methoxy groups -OCH3 is 3. The van der Waals surface area contributed by atoms with Crippen LogP contribution < -0.4 is 19.5 Å². The predicted octanol–water partition coefficient (Wildman–Crippen LogP) is 2.43. The number of carbonyl (C=O) groups is 1. The number of amides is 1. The second-order valence-corrected chi connectivity index (χ2v) is 6.42. The van der Waals surface area contributed by atoms with Gasteiger partial charge < -0.3 is 24.4 Å². The maximum absolute atomic E-state index is 13.1. The summed E-state index contributed by atoms with van der Waals surface area (Å²) < 4.78 is 16.1. The highest BCUT2D eigenvalue weighted by Gasteiger charge is 2.29. The molecule has 1 unspecified atom stereocenters. The van der Waals surface area contributed by atoms with Crippen molar-refractivity contribution in [3.63, 3.8) is 0 Å². The molecule has 3 rings (SSSR count). The molecule has 1 aliphatic rings. The minimum absolute atomic E-state index is 0.0532. The van der Waals surface area contributed by atoms with Crippen molar-refractivity contribution in [3.05, 3.63) is 53.6 Å². The number of rotatable bonds is 6. The summed E-state index contributed by atoms with van der Waals surface area (Å²) in [5, 5.41) is 3.38. The van der Waals surface area contributed by atoms with Crippen molar-refractivity contribution in [2.45, 2.75) is 12.5 Å². The fourth-order valence-electron chi connectivity index (χ4n) is 3.49. The van der Waals surface area contributed by atoms with Gasteiger partial charge >= 0.3 is 0 Å². The summed E-state index contributed by atoms with van der Waals surface area (Å²) in [5.41, 5.74) is 1.92. The number of piperazine rings is 1. The molecule has 6 nitrogen and oxygen atoms in total. The summed E-state index contributed by atoms with van der Waals surface area (Å²) in [6.45, 7) is 2.15. The Morgan fingerprint density at radius 3 is 2.52 bits per heavy atom. The second kappa shape index (κ2) is 8.77. The molecular weight excluding hydrogens is 344 g/mol. The van der Waals surface area contributed by atoms with Crippen LogP contribution in [0.2, 0.25) is 0 Å². The average Bonchev–Trinajstić information content (AvgIpc) is 2.73. The average molecular weight is 370 g/mol. The van der Waals surface area contributed by atoms with E-state index < -0.39 is 0 Å². The van der Waals surface area contributed by atoms with Crippen LogP contribution in [0.3, 0.4) is 0 Å². The predicted molar refractivity (Wildman–Crippen MR) is 104 cm³/mol. The van der Waals surface area contributed by atoms with E-state index in [4.69, 9.17) is 14.2 Å². The Balaban J connectivity index is 1.81. The van der Waals surface area contributed by atoms with Crippen molar-refractivity contribution in [1.29, 1.82) is 0 Å². The molecule has 27 heavy (non-hydrogen) atoms. The summed E-state index contributed by atoms with van der Waals surface area (Å²) in [5.74, 6) is 2.17. The zero-order chi connectivity index (χ0) is 19.2. The second-order valence-electron chi connectivity index (χ2n) is 6.42. The van der Waals surface area contributed by atoms with Gasteiger partial charge in [-0.05, 0) is 23.8 Å². The Kier molecular flexibility index (Phi) is 6.19. The smallest absolute Gasteiger partial charge is 0.227 e. The van der Waals surface area contributed by atoms with Crippen LogP contribution >= 0.6 is 0 Å². The first-order valence-corrected chi connectivity index (χ1v) is 9.02. The molecule has 144 valence electrons. The van der Waals surface area contributed by atoms with Gasteiger partial charge in [0.05, 0.1) is 33.8 Å². The highest BCUT2D eigenvalue weighted by molar-refractivity contribution is 5.80. The highest BCUT2D eigenvalue weighted by Crippen LogP contribution is 2.31. The Hall–Kier alpha value is -2.73. The molecule has 1 amide bonds. The van der Waals surface area contributed by atoms with E-state index in [9.17, 15) is 4.79 Å². The fraction of sp³-hybridized carbons (Fsp3) is 0.381. The van der Waals surface area contributed by atoms with Crippen molar-refractivity contribution >= 4 is 5.91 Å². The van der Waals surface area contributed by atoms with Crippen LogP contribution in [0.4, 0.5) is 0 Å². The van der Waals surface area contributed by atoms with Gasteiger partial charge in [0.1, 0.15) is 5.75 Å². The topological polar surface area (TPSA) is 60.0 Å². The summed E-state index contributed by atoms with van der Waals surface area (Å²) in [6, 6.07) is 13.4. The Labute approximate surface area is 160 Å². The van der Waals surface area contributed by atoms with Crippen LogP contribution in [0.5, 0.6) is 17.2 Å². The van der Waals surface area contributed by atoms with Gasteiger partial charge in [0.25, 0.3) is 0 Å². The minimum atomic E-state index is -0.0532. The normalized spacial score (nSPS) is 16.7. The van der Waals surface area contributed by atoms with Gasteiger partial charge in [0.2, 0.25) is 5.91 Å². The van der Waals surface area contributed by atoms with E-state index in [0.717, 1.165) is 23.4 Å². The molecule has 2 aromatic carbocycles. The summed E-state index contributed by atoms with van der Waals surface area (Å²) in [6.07, 6.45) is 0.312. The number of para-hydroxylation sites is 1. The minimum Gasteiger partial charge on any atom is -0.496 e. The number of carbonyl (C=O) groups excluding carboxylic acids is 1. The van der Waals surface area contributed by atoms with Crippen molar-refractivity contribution in [3.8, 4) is 17.2 Å². The van der Waals surface area contributed by atoms with Crippen molar-refractivity contribution in [1.82, 2.24) is 10.2 Å². The largest absolute Gasteiger partial charge is 0.496 e. The van der Waals surface area contributed by atoms with Crippen LogP contribution in [0, 0.1) is 0 Å². The van der Waals surface area contributed by atoms with E-state index in [0.29, 0.717) is 31.0 Å². The van der Waals surface area contributed by atoms with E-state index >= 15 is 0 Å². The molecule has 0 saturated carbocycles. The summed E-state index contributed by atoms with van der Waals surface area (Å²) >= 11 is 0. The number of nitrogens with zero attached hydrogens (tertiary/aromatic N) is 1. The number of ether oxygens (including phenoxy) is 3. The van der Waals surface area contributed by atoms with Crippen molar-refractivity contribution < 1.29 is 19.0 Å². The van der Waals surface area contributed by atoms with E-state index in [-0.39, 0.29) is 11.9 Å². The van der Waals surface area contributed by atoms with Gasteiger partial charge in [-0.15, -0.1) is 0 Å². The Bertz CT molecular complexity index is 794. The van der Waals surface area contributed by atoms with Crippen molar-refractivity contribution in [2.75, 3.05) is 41.0 Å². The van der Waals surface area contributed by atoms with Crippen molar-refractivity contribution in [2.24, 2.45) is 0 Å². The number of hydrogen-bond acceptors (Lipinski definition) is 5. The molecule has 0 spiro atoms. The lowest BCUT2D eigenvalue weighted by molar-refractivity contribution is -0.133. The van der Waals surface area contributed by atoms with Gasteiger partial charge in [0.15, 0.2) is 11.5 Å². The van der Waals surface area contributed by atoms with Gasteiger partial charge in [-0.3, -0.25) is 4.79 Å². The van der Waals surface area contributed by atoms with Crippen LogP contribution in [0.25, 0.3) is 0 Å². The van der Waals surface area contributed by atoms with Gasteiger partial charge in [0, 0.05) is 25.2 Å². The maximum atomic E-state index is 13.1. The summed E-state index contributed by atoms with van der Waals surface area (Å²) in [4.78, 5) is 15.0. The maximum Gasteiger partial charge on any atom is 0.227 e. The molecule has 0 bridgehead atoms. The number of hydrogen-bond donors (Lipinski definition) is 1. The molecule has 1 aliphatic heterocycles. The lowest BCUT2D eigenvalue weighted by Crippen LogP contribution is -2.49. The molecule has 2 aromatic rings. The molecule has 0 aliphatic carbocycles. The molecule has 1 atom stereocenters. The number of benzene rings is 2. The molecule has 0 radical (unpaired) electrons. The van der Waals surface area contributed by atoms with Gasteiger partial charge in [-0.2, -0.15) is 0 Å². The number of nitrogens with one attached hydrogen (secondary N) is 1. The molecule has 6 heteroatoms. The first kappa shape index (κ1) is 19.0. The quantitative estimate of drug-likeness (QED) is 0.846. The van der Waals surface area contributed by atoms with Crippen LogP contribution in [0.1, 0.15) is 17.2 Å². The third-order valence-corrected chi connectivity index (χ3v) is 4.86. The van der Waals surface area contributed by atoms with Gasteiger partial charge in [-0.25, -0.2) is 0 Å². The molecule has 1 heterocycles. The highest BCUT2D eigenvalue weighted by atomic mass is 16.5. The first-order chi connectivity index (χ1) is 13.2. The first-order valence-electron chi connectivity index (χ1n) is 9.02. The monoisotopic (exact) mass is 370 g/mol. The Morgan fingerprint density at radius 2 is 1.78 bits per heavy atom. The molecule has 0 aromatic heterocycles.